The maximum absolute atomic E-state index is 14.7. The van der Waals surface area contributed by atoms with Crippen LogP contribution >= 0.6 is 11.6 Å². The molecule has 0 radical (unpaired) electrons. The summed E-state index contributed by atoms with van der Waals surface area (Å²) in [6.45, 7) is 1.12. The Morgan fingerprint density at radius 3 is 2.58 bits per heavy atom. The SMILES string of the molecule is COC1CC(C(=O)Nc2ccc(N3CCNC3=O)cc2F)N(C(=O)Nc2ccc(Cl)cc2)C1. The molecule has 4 rings (SSSR count). The fourth-order valence-corrected chi connectivity index (χ4v) is 4.00. The predicted octanol–water partition coefficient (Wildman–Crippen LogP) is 3.27. The van der Waals surface area contributed by atoms with E-state index in [4.69, 9.17) is 16.3 Å². The van der Waals surface area contributed by atoms with E-state index in [1.54, 1.807) is 30.3 Å². The standard InChI is InChI=1S/C22H23ClFN5O4/c1-33-16-11-19(29(12-16)22(32)26-14-4-2-13(23)3-5-14)20(30)27-18-7-6-15(10-17(18)24)28-9-8-25-21(28)31/h2-7,10,16,19H,8-9,11-12H2,1H3,(H,25,31)(H,26,32)(H,27,30). The van der Waals surface area contributed by atoms with Gasteiger partial charge in [-0.2, -0.15) is 0 Å². The Hall–Kier alpha value is -3.37. The highest BCUT2D eigenvalue weighted by molar-refractivity contribution is 6.30. The summed E-state index contributed by atoms with van der Waals surface area (Å²) >= 11 is 5.88. The number of ether oxygens (including phenoxy) is 1. The summed E-state index contributed by atoms with van der Waals surface area (Å²) in [6.07, 6.45) is -0.0677. The minimum Gasteiger partial charge on any atom is -0.380 e. The van der Waals surface area contributed by atoms with E-state index in [0.717, 1.165) is 0 Å². The normalized spacial score (nSPS) is 20.0. The van der Waals surface area contributed by atoms with Crippen molar-refractivity contribution in [2.24, 2.45) is 0 Å². The monoisotopic (exact) mass is 475 g/mol. The molecule has 0 bridgehead atoms. The molecule has 2 heterocycles. The lowest BCUT2D eigenvalue weighted by Gasteiger charge is -2.24. The van der Waals surface area contributed by atoms with Crippen molar-refractivity contribution in [3.8, 4) is 0 Å². The molecule has 2 saturated heterocycles. The van der Waals surface area contributed by atoms with Gasteiger partial charge in [0.05, 0.1) is 11.8 Å². The van der Waals surface area contributed by atoms with Crippen LogP contribution in [0.15, 0.2) is 42.5 Å². The summed E-state index contributed by atoms with van der Waals surface area (Å²) in [5.74, 6) is -1.22. The zero-order valence-electron chi connectivity index (χ0n) is 17.8. The van der Waals surface area contributed by atoms with Gasteiger partial charge in [0.2, 0.25) is 5.91 Å². The summed E-state index contributed by atoms with van der Waals surface area (Å²) in [5.41, 5.74) is 0.879. The number of carbonyl (C=O) groups is 3. The molecule has 2 aromatic carbocycles. The van der Waals surface area contributed by atoms with Crippen molar-refractivity contribution in [1.29, 1.82) is 0 Å². The summed E-state index contributed by atoms with van der Waals surface area (Å²) in [5, 5.41) is 8.47. The van der Waals surface area contributed by atoms with E-state index in [-0.39, 0.29) is 30.8 Å². The fourth-order valence-electron chi connectivity index (χ4n) is 3.88. The number of amides is 5. The van der Waals surface area contributed by atoms with Crippen LogP contribution in [0.4, 0.5) is 31.0 Å². The number of halogens is 2. The molecule has 2 fully saturated rings. The van der Waals surface area contributed by atoms with E-state index in [0.29, 0.717) is 29.5 Å². The van der Waals surface area contributed by atoms with Gasteiger partial charge in [-0.3, -0.25) is 9.69 Å². The van der Waals surface area contributed by atoms with Gasteiger partial charge in [0.15, 0.2) is 0 Å². The van der Waals surface area contributed by atoms with Crippen LogP contribution in [0.5, 0.6) is 0 Å². The molecule has 2 atom stereocenters. The van der Waals surface area contributed by atoms with E-state index in [1.807, 2.05) is 0 Å². The number of urea groups is 2. The fraction of sp³-hybridized carbons (Fsp3) is 0.318. The quantitative estimate of drug-likeness (QED) is 0.617. The summed E-state index contributed by atoms with van der Waals surface area (Å²) in [7, 11) is 1.51. The molecular weight excluding hydrogens is 453 g/mol. The molecule has 2 aliphatic heterocycles. The Morgan fingerprint density at radius 1 is 1.18 bits per heavy atom. The predicted molar refractivity (Wildman–Crippen MR) is 122 cm³/mol. The number of methoxy groups -OCH3 is 1. The van der Waals surface area contributed by atoms with Crippen molar-refractivity contribution >= 4 is 46.6 Å². The second kappa shape index (κ2) is 9.63. The first kappa shape index (κ1) is 22.8. The topological polar surface area (TPSA) is 103 Å². The lowest BCUT2D eigenvalue weighted by atomic mass is 10.1. The molecule has 0 spiro atoms. The molecule has 2 aromatic rings. The van der Waals surface area contributed by atoms with E-state index in [2.05, 4.69) is 16.0 Å². The highest BCUT2D eigenvalue weighted by Crippen LogP contribution is 2.26. The van der Waals surface area contributed by atoms with Gasteiger partial charge in [-0.25, -0.2) is 14.0 Å². The van der Waals surface area contributed by atoms with Gasteiger partial charge in [-0.05, 0) is 42.5 Å². The van der Waals surface area contributed by atoms with Gasteiger partial charge in [0, 0.05) is 49.6 Å². The van der Waals surface area contributed by atoms with Gasteiger partial charge in [-0.15, -0.1) is 0 Å². The van der Waals surface area contributed by atoms with Gasteiger partial charge < -0.3 is 25.6 Å². The average Bonchev–Trinajstić information content (AvgIpc) is 3.43. The summed E-state index contributed by atoms with van der Waals surface area (Å²) < 4.78 is 20.1. The first-order valence-electron chi connectivity index (χ1n) is 10.4. The van der Waals surface area contributed by atoms with E-state index < -0.39 is 23.8 Å². The van der Waals surface area contributed by atoms with Crippen LogP contribution in [0.3, 0.4) is 0 Å². The minimum absolute atomic E-state index is 0.0396. The van der Waals surface area contributed by atoms with Gasteiger partial charge in [-0.1, -0.05) is 11.6 Å². The third-order valence-electron chi connectivity index (χ3n) is 5.63. The molecule has 2 unspecified atom stereocenters. The highest BCUT2D eigenvalue weighted by atomic mass is 35.5. The molecule has 2 aliphatic rings. The lowest BCUT2D eigenvalue weighted by molar-refractivity contribution is -0.119. The van der Waals surface area contributed by atoms with Crippen molar-refractivity contribution < 1.29 is 23.5 Å². The van der Waals surface area contributed by atoms with E-state index >= 15 is 0 Å². The molecule has 33 heavy (non-hydrogen) atoms. The smallest absolute Gasteiger partial charge is 0.322 e. The third-order valence-corrected chi connectivity index (χ3v) is 5.89. The zero-order chi connectivity index (χ0) is 23.5. The number of hydrogen-bond acceptors (Lipinski definition) is 4. The Kier molecular flexibility index (Phi) is 6.66. The number of nitrogens with one attached hydrogen (secondary N) is 3. The highest BCUT2D eigenvalue weighted by Gasteiger charge is 2.40. The summed E-state index contributed by atoms with van der Waals surface area (Å²) in [4.78, 5) is 40.4. The Morgan fingerprint density at radius 2 is 1.94 bits per heavy atom. The number of rotatable bonds is 5. The molecule has 11 heteroatoms. The van der Waals surface area contributed by atoms with Crippen molar-refractivity contribution in [2.45, 2.75) is 18.6 Å². The van der Waals surface area contributed by atoms with Crippen molar-refractivity contribution in [3.05, 3.63) is 53.3 Å². The second-order valence-corrected chi connectivity index (χ2v) is 8.17. The van der Waals surface area contributed by atoms with E-state index in [9.17, 15) is 18.8 Å². The number of anilines is 3. The Bertz CT molecular complexity index is 1070. The van der Waals surface area contributed by atoms with Gasteiger partial charge >= 0.3 is 12.1 Å². The van der Waals surface area contributed by atoms with Crippen LogP contribution in [0, 0.1) is 5.82 Å². The zero-order valence-corrected chi connectivity index (χ0v) is 18.6. The Balaban J connectivity index is 1.46. The molecule has 0 saturated carbocycles. The molecule has 0 aromatic heterocycles. The molecule has 5 amide bonds. The van der Waals surface area contributed by atoms with Crippen molar-refractivity contribution in [2.75, 3.05) is 42.3 Å². The first-order valence-corrected chi connectivity index (χ1v) is 10.8. The van der Waals surface area contributed by atoms with Crippen molar-refractivity contribution in [1.82, 2.24) is 10.2 Å². The van der Waals surface area contributed by atoms with Crippen LogP contribution in [0.25, 0.3) is 0 Å². The van der Waals surface area contributed by atoms with Crippen molar-refractivity contribution in [3.63, 3.8) is 0 Å². The third kappa shape index (κ3) is 5.01. The number of hydrogen-bond donors (Lipinski definition) is 3. The lowest BCUT2D eigenvalue weighted by Crippen LogP contribution is -2.45. The molecule has 9 nitrogen and oxygen atoms in total. The molecule has 0 aliphatic carbocycles. The largest absolute Gasteiger partial charge is 0.380 e. The summed E-state index contributed by atoms with van der Waals surface area (Å²) in [6, 6.07) is 9.09. The maximum atomic E-state index is 14.7. The number of nitrogens with zero attached hydrogens (tertiary/aromatic N) is 2. The van der Waals surface area contributed by atoms with Crippen LogP contribution < -0.4 is 20.9 Å². The number of carbonyl (C=O) groups excluding carboxylic acids is 3. The number of likely N-dealkylation sites (tertiary alicyclic amines) is 1. The minimum atomic E-state index is -0.856. The average molecular weight is 476 g/mol. The molecular formula is C22H23ClFN5O4. The Labute approximate surface area is 194 Å². The van der Waals surface area contributed by atoms with E-state index in [1.165, 1.54) is 29.0 Å². The maximum Gasteiger partial charge on any atom is 0.322 e. The van der Waals surface area contributed by atoms with Gasteiger partial charge in [0.1, 0.15) is 11.9 Å². The molecule has 174 valence electrons. The first-order chi connectivity index (χ1) is 15.9. The molecule has 3 N–H and O–H groups in total. The second-order valence-electron chi connectivity index (χ2n) is 7.74. The van der Waals surface area contributed by atoms with Crippen LogP contribution in [0.1, 0.15) is 6.42 Å². The van der Waals surface area contributed by atoms with Crippen LogP contribution in [0.2, 0.25) is 5.02 Å². The van der Waals surface area contributed by atoms with Gasteiger partial charge in [0.25, 0.3) is 0 Å². The number of benzene rings is 2. The van der Waals surface area contributed by atoms with Crippen LogP contribution in [-0.4, -0.2) is 61.8 Å². The van der Waals surface area contributed by atoms with Crippen LogP contribution in [-0.2, 0) is 9.53 Å².